The average molecular weight is 317 g/mol. The number of rotatable bonds is 2. The quantitative estimate of drug-likeness (QED) is 0.781. The molecule has 6 heteroatoms. The van der Waals surface area contributed by atoms with Crippen molar-refractivity contribution in [2.75, 3.05) is 0 Å². The monoisotopic (exact) mass is 316 g/mol. The van der Waals surface area contributed by atoms with E-state index in [2.05, 4.69) is 25.9 Å². The lowest BCUT2D eigenvalue weighted by atomic mass is 10.1. The molecule has 18 heavy (non-hydrogen) atoms. The molecule has 0 saturated heterocycles. The molecule has 2 nitrogen and oxygen atoms in total. The molecule has 2 heterocycles. The fourth-order valence-electron chi connectivity index (χ4n) is 1.55. The van der Waals surface area contributed by atoms with Gasteiger partial charge in [-0.15, -0.1) is 0 Å². The van der Waals surface area contributed by atoms with Gasteiger partial charge in [0.25, 0.3) is 0 Å². The van der Waals surface area contributed by atoms with Crippen molar-refractivity contribution in [1.29, 1.82) is 0 Å². The van der Waals surface area contributed by atoms with Crippen molar-refractivity contribution >= 4 is 15.9 Å². The highest BCUT2D eigenvalue weighted by Crippen LogP contribution is 2.34. The molecule has 0 aliphatic rings. The second-order valence-corrected chi connectivity index (χ2v) is 4.15. The summed E-state index contributed by atoms with van der Waals surface area (Å²) in [5.41, 5.74) is 0.354. The fraction of sp³-hybridized carbons (Fsp3) is 0.167. The highest BCUT2D eigenvalue weighted by Gasteiger charge is 2.34. The van der Waals surface area contributed by atoms with Crippen molar-refractivity contribution in [2.24, 2.45) is 0 Å². The minimum absolute atomic E-state index is 0.0136. The number of aromatic nitrogens is 2. The zero-order valence-corrected chi connectivity index (χ0v) is 10.7. The first kappa shape index (κ1) is 13.0. The Bertz CT molecular complexity index is 541. The summed E-state index contributed by atoms with van der Waals surface area (Å²) in [6.07, 6.45) is 0.0856. The van der Waals surface area contributed by atoms with E-state index in [9.17, 15) is 13.2 Å². The number of halogens is 4. The second-order valence-electron chi connectivity index (χ2n) is 3.59. The highest BCUT2D eigenvalue weighted by atomic mass is 79.9. The van der Waals surface area contributed by atoms with Crippen molar-refractivity contribution in [3.63, 3.8) is 0 Å². The first-order valence-corrected chi connectivity index (χ1v) is 6.17. The van der Waals surface area contributed by atoms with Crippen LogP contribution in [0.2, 0.25) is 0 Å². The molecule has 2 aromatic rings. The third-order valence-corrected chi connectivity index (χ3v) is 2.95. The third-order valence-electron chi connectivity index (χ3n) is 2.42. The highest BCUT2D eigenvalue weighted by molar-refractivity contribution is 9.08. The maximum atomic E-state index is 12.9. The van der Waals surface area contributed by atoms with E-state index in [1.54, 1.807) is 12.1 Å². The topological polar surface area (TPSA) is 25.8 Å². The Morgan fingerprint density at radius 3 is 2.33 bits per heavy atom. The summed E-state index contributed by atoms with van der Waals surface area (Å²) in [7, 11) is 0. The first-order valence-electron chi connectivity index (χ1n) is 5.05. The molecule has 0 bridgehead atoms. The Kier molecular flexibility index (Phi) is 3.65. The maximum absolute atomic E-state index is 12.9. The summed E-state index contributed by atoms with van der Waals surface area (Å²) < 4.78 is 38.6. The number of pyridine rings is 2. The Hall–Kier alpha value is -1.43. The molecule has 2 aromatic heterocycles. The lowest BCUT2D eigenvalue weighted by molar-refractivity contribution is -0.138. The van der Waals surface area contributed by atoms with Crippen LogP contribution in [0.25, 0.3) is 11.1 Å². The molecule has 0 aliphatic carbocycles. The van der Waals surface area contributed by atoms with E-state index in [-0.39, 0.29) is 11.0 Å². The number of hydrogen-bond donors (Lipinski definition) is 0. The van der Waals surface area contributed by atoms with E-state index in [0.29, 0.717) is 11.1 Å². The van der Waals surface area contributed by atoms with Gasteiger partial charge in [0.1, 0.15) is 0 Å². The van der Waals surface area contributed by atoms with Gasteiger partial charge in [0.2, 0.25) is 0 Å². The molecule has 0 radical (unpaired) electrons. The summed E-state index contributed by atoms with van der Waals surface area (Å²) in [5, 5.41) is 0.0679. The van der Waals surface area contributed by atoms with Gasteiger partial charge >= 0.3 is 6.18 Å². The Morgan fingerprint density at radius 2 is 1.78 bits per heavy atom. The van der Waals surface area contributed by atoms with Crippen LogP contribution in [-0.4, -0.2) is 9.97 Å². The molecule has 0 N–H and O–H groups in total. The van der Waals surface area contributed by atoms with Gasteiger partial charge in [0, 0.05) is 29.5 Å². The molecule has 0 unspecified atom stereocenters. The molecule has 2 rings (SSSR count). The maximum Gasteiger partial charge on any atom is 0.418 e. The van der Waals surface area contributed by atoms with Crippen LogP contribution in [0, 0.1) is 0 Å². The van der Waals surface area contributed by atoms with Gasteiger partial charge in [-0.25, -0.2) is 0 Å². The summed E-state index contributed by atoms with van der Waals surface area (Å²) in [5.74, 6) is 0. The van der Waals surface area contributed by atoms with Gasteiger partial charge in [-0.1, -0.05) is 15.9 Å². The van der Waals surface area contributed by atoms with Gasteiger partial charge < -0.3 is 0 Å². The van der Waals surface area contributed by atoms with Crippen LogP contribution in [0.1, 0.15) is 11.3 Å². The predicted molar refractivity (Wildman–Crippen MR) is 65.1 cm³/mol. The third kappa shape index (κ3) is 2.69. The fourth-order valence-corrected chi connectivity index (χ4v) is 1.99. The largest absolute Gasteiger partial charge is 0.418 e. The molecular formula is C12H8BrF3N2. The van der Waals surface area contributed by atoms with Crippen LogP contribution in [0.5, 0.6) is 0 Å². The number of hydrogen-bond acceptors (Lipinski definition) is 2. The SMILES string of the molecule is FC(F)(F)c1cc(-c2ccncc2)cnc1CBr. The van der Waals surface area contributed by atoms with Crippen molar-refractivity contribution in [1.82, 2.24) is 9.97 Å². The van der Waals surface area contributed by atoms with E-state index in [4.69, 9.17) is 0 Å². The van der Waals surface area contributed by atoms with Gasteiger partial charge in [-0.3, -0.25) is 9.97 Å². The van der Waals surface area contributed by atoms with E-state index in [0.717, 1.165) is 6.07 Å². The van der Waals surface area contributed by atoms with E-state index in [1.165, 1.54) is 18.6 Å². The van der Waals surface area contributed by atoms with E-state index >= 15 is 0 Å². The average Bonchev–Trinajstić information content (AvgIpc) is 2.38. The van der Waals surface area contributed by atoms with Gasteiger partial charge in [0.15, 0.2) is 0 Å². The molecule has 0 atom stereocenters. The van der Waals surface area contributed by atoms with E-state index < -0.39 is 11.7 Å². The smallest absolute Gasteiger partial charge is 0.265 e. The molecule has 0 aliphatic heterocycles. The molecule has 94 valence electrons. The lowest BCUT2D eigenvalue weighted by Gasteiger charge is -2.12. The lowest BCUT2D eigenvalue weighted by Crippen LogP contribution is -2.10. The number of nitrogens with zero attached hydrogens (tertiary/aromatic N) is 2. The molecule has 0 spiro atoms. The summed E-state index contributed by atoms with van der Waals surface area (Å²) in [6.45, 7) is 0. The minimum atomic E-state index is -4.40. The zero-order valence-electron chi connectivity index (χ0n) is 9.08. The predicted octanol–water partition coefficient (Wildman–Crippen LogP) is 4.06. The van der Waals surface area contributed by atoms with Crippen LogP contribution in [0.15, 0.2) is 36.8 Å². The molecule has 0 fully saturated rings. The normalized spacial score (nSPS) is 11.6. The summed E-state index contributed by atoms with van der Waals surface area (Å²) >= 11 is 3.01. The summed E-state index contributed by atoms with van der Waals surface area (Å²) in [4.78, 5) is 7.68. The van der Waals surface area contributed by atoms with Crippen LogP contribution < -0.4 is 0 Å². The van der Waals surface area contributed by atoms with Crippen LogP contribution >= 0.6 is 15.9 Å². The van der Waals surface area contributed by atoms with Crippen LogP contribution in [-0.2, 0) is 11.5 Å². The molecule has 0 aromatic carbocycles. The standard InChI is InChI=1S/C12H8BrF3N2/c13-6-11-10(12(14,15)16)5-9(7-18-11)8-1-3-17-4-2-8/h1-5,7H,6H2. The summed E-state index contributed by atoms with van der Waals surface area (Å²) in [6, 6.07) is 4.40. The van der Waals surface area contributed by atoms with E-state index in [1.807, 2.05) is 0 Å². The van der Waals surface area contributed by atoms with Gasteiger partial charge in [-0.05, 0) is 23.8 Å². The van der Waals surface area contributed by atoms with Crippen molar-refractivity contribution in [2.45, 2.75) is 11.5 Å². The molecule has 0 amide bonds. The van der Waals surface area contributed by atoms with Crippen molar-refractivity contribution in [3.8, 4) is 11.1 Å². The van der Waals surface area contributed by atoms with Crippen LogP contribution in [0.3, 0.4) is 0 Å². The molecular weight excluding hydrogens is 309 g/mol. The number of alkyl halides is 4. The van der Waals surface area contributed by atoms with Crippen LogP contribution in [0.4, 0.5) is 13.2 Å². The first-order chi connectivity index (χ1) is 8.52. The van der Waals surface area contributed by atoms with Crippen molar-refractivity contribution < 1.29 is 13.2 Å². The van der Waals surface area contributed by atoms with Gasteiger partial charge in [0.05, 0.1) is 11.3 Å². The molecule has 0 saturated carbocycles. The van der Waals surface area contributed by atoms with Gasteiger partial charge in [-0.2, -0.15) is 13.2 Å². The minimum Gasteiger partial charge on any atom is -0.265 e. The second kappa shape index (κ2) is 5.06. The Labute approximate surface area is 110 Å². The van der Waals surface area contributed by atoms with Crippen molar-refractivity contribution in [3.05, 3.63) is 48.0 Å². The Morgan fingerprint density at radius 1 is 1.11 bits per heavy atom. The zero-order chi connectivity index (χ0) is 13.2. The Balaban J connectivity index is 2.53.